The molecule has 1 aromatic carbocycles. The van der Waals surface area contributed by atoms with Crippen LogP contribution in [0.1, 0.15) is 0 Å². The van der Waals surface area contributed by atoms with E-state index in [9.17, 15) is 27.3 Å². The Morgan fingerprint density at radius 3 is 2.38 bits per heavy atom. The van der Waals surface area contributed by atoms with Gasteiger partial charge in [-0.05, 0) is 0 Å². The number of hydrogen-bond acceptors (Lipinski definition) is 4. The molecule has 1 rings (SSSR count). The van der Waals surface area contributed by atoms with Crippen LogP contribution in [0.5, 0.6) is 0 Å². The van der Waals surface area contributed by atoms with Crippen molar-refractivity contribution in [3.8, 4) is 0 Å². The number of nitro benzene ring substituents is 1. The minimum Gasteiger partial charge on any atom is -0.275 e. The van der Waals surface area contributed by atoms with Gasteiger partial charge in [0.1, 0.15) is 5.82 Å². The van der Waals surface area contributed by atoms with Crippen LogP contribution in [-0.2, 0) is 10.0 Å². The Bertz CT molecular complexity index is 544. The van der Waals surface area contributed by atoms with Gasteiger partial charge < -0.3 is 0 Å². The Hall–Kier alpha value is -1.77. The van der Waals surface area contributed by atoms with Crippen LogP contribution in [0.15, 0.2) is 12.1 Å². The number of nitrogens with one attached hydrogen (secondary N) is 1. The summed E-state index contributed by atoms with van der Waals surface area (Å²) in [6.45, 7) is 0. The van der Waals surface area contributed by atoms with E-state index in [1.54, 1.807) is 4.72 Å². The fourth-order valence-electron chi connectivity index (χ4n) is 0.990. The number of sulfonamides is 1. The van der Waals surface area contributed by atoms with Gasteiger partial charge in [-0.25, -0.2) is 17.2 Å². The average molecular weight is 252 g/mol. The van der Waals surface area contributed by atoms with Crippen LogP contribution in [0.3, 0.4) is 0 Å². The highest BCUT2D eigenvalue weighted by atomic mass is 32.2. The molecule has 0 unspecified atom stereocenters. The first-order chi connectivity index (χ1) is 7.20. The smallest absolute Gasteiger partial charge is 0.275 e. The maximum atomic E-state index is 13.1. The number of benzene rings is 1. The lowest BCUT2D eigenvalue weighted by Gasteiger charge is -2.05. The van der Waals surface area contributed by atoms with E-state index < -0.39 is 38.0 Å². The van der Waals surface area contributed by atoms with Crippen molar-refractivity contribution in [2.75, 3.05) is 11.0 Å². The van der Waals surface area contributed by atoms with Crippen LogP contribution in [0, 0.1) is 21.7 Å². The van der Waals surface area contributed by atoms with Crippen molar-refractivity contribution in [1.82, 2.24) is 0 Å². The number of nitro groups is 1. The molecule has 0 aromatic heterocycles. The molecule has 16 heavy (non-hydrogen) atoms. The second kappa shape index (κ2) is 4.00. The molecule has 6 nitrogen and oxygen atoms in total. The van der Waals surface area contributed by atoms with Crippen LogP contribution >= 0.6 is 0 Å². The van der Waals surface area contributed by atoms with Gasteiger partial charge in [-0.15, -0.1) is 0 Å². The summed E-state index contributed by atoms with van der Waals surface area (Å²) in [4.78, 5) is 9.37. The normalized spacial score (nSPS) is 11.2. The highest BCUT2D eigenvalue weighted by molar-refractivity contribution is 7.92. The Balaban J connectivity index is 3.41. The predicted molar refractivity (Wildman–Crippen MR) is 51.5 cm³/mol. The summed E-state index contributed by atoms with van der Waals surface area (Å²) in [5.41, 5.74) is -1.86. The van der Waals surface area contributed by atoms with Gasteiger partial charge in [-0.1, -0.05) is 0 Å². The standard InChI is InChI=1S/C7H6F2N2O4S/c1-16(14,15)10-7-5(9)2-4(8)3-6(7)11(12)13/h2-3,10H,1H3. The quantitative estimate of drug-likeness (QED) is 0.647. The SMILES string of the molecule is CS(=O)(=O)Nc1c(F)cc(F)cc1[N+](=O)[O-]. The summed E-state index contributed by atoms with van der Waals surface area (Å²) in [6.07, 6.45) is 0.694. The van der Waals surface area contributed by atoms with E-state index in [2.05, 4.69) is 0 Å². The first-order valence-corrected chi connectivity index (χ1v) is 5.71. The summed E-state index contributed by atoms with van der Waals surface area (Å²) in [5, 5.41) is 10.4. The van der Waals surface area contributed by atoms with E-state index in [0.29, 0.717) is 18.4 Å². The third kappa shape index (κ3) is 2.86. The molecule has 0 radical (unpaired) electrons. The number of nitrogens with zero attached hydrogens (tertiary/aromatic N) is 1. The molecule has 1 N–H and O–H groups in total. The molecule has 1 aromatic rings. The van der Waals surface area contributed by atoms with Crippen LogP contribution in [0.4, 0.5) is 20.2 Å². The van der Waals surface area contributed by atoms with Gasteiger partial charge in [0.25, 0.3) is 5.69 Å². The lowest BCUT2D eigenvalue weighted by molar-refractivity contribution is -0.384. The molecule has 0 aliphatic heterocycles. The lowest BCUT2D eigenvalue weighted by atomic mass is 10.2. The van der Waals surface area contributed by atoms with Crippen molar-refractivity contribution in [1.29, 1.82) is 0 Å². The Kier molecular flexibility index (Phi) is 3.08. The van der Waals surface area contributed by atoms with E-state index in [1.165, 1.54) is 0 Å². The van der Waals surface area contributed by atoms with Crippen molar-refractivity contribution in [2.45, 2.75) is 0 Å². The number of hydrogen-bond donors (Lipinski definition) is 1. The molecule has 0 bridgehead atoms. The maximum absolute atomic E-state index is 13.1. The van der Waals surface area contributed by atoms with Crippen LogP contribution in [-0.4, -0.2) is 19.6 Å². The first kappa shape index (κ1) is 12.3. The number of rotatable bonds is 3. The fraction of sp³-hybridized carbons (Fsp3) is 0.143. The molecule has 0 saturated carbocycles. The minimum absolute atomic E-state index is 0.348. The van der Waals surface area contributed by atoms with Crippen molar-refractivity contribution >= 4 is 21.4 Å². The highest BCUT2D eigenvalue weighted by Crippen LogP contribution is 2.29. The van der Waals surface area contributed by atoms with Gasteiger partial charge in [0.15, 0.2) is 11.5 Å². The molecule has 9 heteroatoms. The molecule has 0 amide bonds. The van der Waals surface area contributed by atoms with Crippen molar-refractivity contribution in [2.24, 2.45) is 0 Å². The van der Waals surface area contributed by atoms with Crippen LogP contribution < -0.4 is 4.72 Å². The minimum atomic E-state index is -3.89. The summed E-state index contributed by atoms with van der Waals surface area (Å²) in [5.74, 6) is -2.51. The third-order valence-electron chi connectivity index (χ3n) is 1.52. The van der Waals surface area contributed by atoms with Gasteiger partial charge in [-0.2, -0.15) is 0 Å². The molecule has 0 fully saturated rings. The summed E-state index contributed by atoms with van der Waals surface area (Å²) in [6, 6.07) is 0.775. The molecular weight excluding hydrogens is 246 g/mol. The Labute approximate surface area is 89.1 Å². The summed E-state index contributed by atoms with van der Waals surface area (Å²) in [7, 11) is -3.89. The van der Waals surface area contributed by atoms with Crippen LogP contribution in [0.25, 0.3) is 0 Å². The van der Waals surface area contributed by atoms with E-state index in [1.807, 2.05) is 0 Å². The molecule has 0 aliphatic rings. The molecule has 0 atom stereocenters. The maximum Gasteiger partial charge on any atom is 0.299 e. The highest BCUT2D eigenvalue weighted by Gasteiger charge is 2.22. The zero-order valence-electron chi connectivity index (χ0n) is 7.90. The molecule has 88 valence electrons. The van der Waals surface area contributed by atoms with Gasteiger partial charge in [-0.3, -0.25) is 14.8 Å². The first-order valence-electron chi connectivity index (χ1n) is 3.82. The molecular formula is C7H6F2N2O4S. The van der Waals surface area contributed by atoms with E-state index >= 15 is 0 Å². The lowest BCUT2D eigenvalue weighted by Crippen LogP contribution is -2.13. The molecule has 0 saturated heterocycles. The zero-order valence-corrected chi connectivity index (χ0v) is 8.72. The fourth-order valence-corrected chi connectivity index (χ4v) is 1.56. The predicted octanol–water partition coefficient (Wildman–Crippen LogP) is 1.24. The van der Waals surface area contributed by atoms with Gasteiger partial charge in [0, 0.05) is 6.07 Å². The van der Waals surface area contributed by atoms with E-state index in [0.717, 1.165) is 0 Å². The Morgan fingerprint density at radius 1 is 1.38 bits per heavy atom. The molecule has 0 spiro atoms. The van der Waals surface area contributed by atoms with E-state index in [4.69, 9.17) is 0 Å². The second-order valence-electron chi connectivity index (χ2n) is 2.91. The number of anilines is 1. The van der Waals surface area contributed by atoms with Crippen molar-refractivity contribution in [3.63, 3.8) is 0 Å². The average Bonchev–Trinajstić information content (AvgIpc) is 2.07. The van der Waals surface area contributed by atoms with Crippen molar-refractivity contribution < 1.29 is 22.1 Å². The second-order valence-corrected chi connectivity index (χ2v) is 4.66. The Morgan fingerprint density at radius 2 is 1.94 bits per heavy atom. The van der Waals surface area contributed by atoms with E-state index in [-0.39, 0.29) is 0 Å². The molecule has 0 heterocycles. The van der Waals surface area contributed by atoms with Crippen LogP contribution in [0.2, 0.25) is 0 Å². The van der Waals surface area contributed by atoms with Crippen molar-refractivity contribution in [3.05, 3.63) is 33.9 Å². The monoisotopic (exact) mass is 252 g/mol. The third-order valence-corrected chi connectivity index (χ3v) is 2.09. The number of halogens is 2. The van der Waals surface area contributed by atoms with Gasteiger partial charge >= 0.3 is 0 Å². The topological polar surface area (TPSA) is 89.3 Å². The molecule has 0 aliphatic carbocycles. The summed E-state index contributed by atoms with van der Waals surface area (Å²) >= 11 is 0. The van der Waals surface area contributed by atoms with Gasteiger partial charge in [0.2, 0.25) is 10.0 Å². The largest absolute Gasteiger partial charge is 0.299 e. The van der Waals surface area contributed by atoms with Gasteiger partial charge in [0.05, 0.1) is 17.2 Å². The summed E-state index contributed by atoms with van der Waals surface area (Å²) < 4.78 is 49.1. The zero-order chi connectivity index (χ0) is 12.5.